The average Bonchev–Trinajstić information content (AvgIpc) is 2.86. The van der Waals surface area contributed by atoms with Crippen LogP contribution in [0, 0.1) is 5.92 Å². The number of fused-ring (bicyclic) bond motifs is 1. The van der Waals surface area contributed by atoms with Gasteiger partial charge in [-0.05, 0) is 52.9 Å². The molecule has 0 saturated heterocycles. The molecule has 172 valence electrons. The summed E-state index contributed by atoms with van der Waals surface area (Å²) < 4.78 is 0. The fourth-order valence-electron chi connectivity index (χ4n) is 4.82. The van der Waals surface area contributed by atoms with Gasteiger partial charge in [-0.1, -0.05) is 74.6 Å². The number of hydrogen-bond donors (Lipinski definition) is 2. The number of rotatable bonds is 6. The molecule has 1 heterocycles. The molecule has 1 aliphatic carbocycles. The maximum atomic E-state index is 12.9. The fourth-order valence-corrected chi connectivity index (χ4v) is 4.82. The van der Waals surface area contributed by atoms with E-state index in [1.54, 1.807) is 18.3 Å². The van der Waals surface area contributed by atoms with Gasteiger partial charge in [0, 0.05) is 5.56 Å². The first kappa shape index (κ1) is 22.1. The number of nitrogens with zero attached hydrogens (tertiary/aromatic N) is 2. The topological polar surface area (TPSA) is 75.1 Å². The number of anilines is 1. The molecule has 5 rings (SSSR count). The molecule has 1 aromatic heterocycles. The van der Waals surface area contributed by atoms with Crippen molar-refractivity contribution in [3.63, 3.8) is 0 Å². The Hall–Kier alpha value is -3.73. The highest BCUT2D eigenvalue weighted by Crippen LogP contribution is 2.29. The predicted octanol–water partition coefficient (Wildman–Crippen LogP) is 6.31. The van der Waals surface area contributed by atoms with Crippen LogP contribution in [0.4, 0.5) is 5.82 Å². The number of amides is 1. The Balaban J connectivity index is 1.37. The summed E-state index contributed by atoms with van der Waals surface area (Å²) in [4.78, 5) is 22.5. The molecule has 1 aliphatic rings. The molecule has 2 N–H and O–H groups in total. The molecule has 1 saturated carbocycles. The molecule has 5 nitrogen and oxygen atoms in total. The van der Waals surface area contributed by atoms with Gasteiger partial charge in [-0.15, -0.1) is 0 Å². The van der Waals surface area contributed by atoms with Crippen molar-refractivity contribution in [1.82, 2.24) is 9.97 Å². The van der Waals surface area contributed by atoms with Crippen molar-refractivity contribution in [2.24, 2.45) is 5.92 Å². The Labute approximate surface area is 199 Å². The lowest BCUT2D eigenvalue weighted by Gasteiger charge is -2.22. The normalized spacial score (nSPS) is 14.2. The fraction of sp³-hybridized carbons (Fsp3) is 0.276. The zero-order valence-electron chi connectivity index (χ0n) is 19.2. The van der Waals surface area contributed by atoms with Gasteiger partial charge in [-0.2, -0.15) is 0 Å². The highest BCUT2D eigenvalue weighted by Gasteiger charge is 2.19. The lowest BCUT2D eigenvalue weighted by atomic mass is 9.86. The number of hydrogen-bond acceptors (Lipinski definition) is 4. The number of phenolic OH excluding ortho intramolecular Hbond substituents is 1. The summed E-state index contributed by atoms with van der Waals surface area (Å²) >= 11 is 0. The van der Waals surface area contributed by atoms with Crippen LogP contribution in [0.5, 0.6) is 5.75 Å². The zero-order valence-corrected chi connectivity index (χ0v) is 19.2. The van der Waals surface area contributed by atoms with E-state index >= 15 is 0 Å². The summed E-state index contributed by atoms with van der Waals surface area (Å²) in [6.45, 7) is 0. The summed E-state index contributed by atoms with van der Waals surface area (Å²) in [5.41, 5.74) is 3.45. The van der Waals surface area contributed by atoms with Crippen molar-refractivity contribution in [3.8, 4) is 17.0 Å². The monoisotopic (exact) mass is 451 g/mol. The molecule has 0 atom stereocenters. The van der Waals surface area contributed by atoms with E-state index in [-0.39, 0.29) is 18.1 Å². The number of aromatic nitrogens is 2. The summed E-state index contributed by atoms with van der Waals surface area (Å²) in [6, 6.07) is 21.3. The quantitative estimate of drug-likeness (QED) is 0.360. The third-order valence-electron chi connectivity index (χ3n) is 6.65. The van der Waals surface area contributed by atoms with Crippen molar-refractivity contribution in [1.29, 1.82) is 0 Å². The van der Waals surface area contributed by atoms with Crippen molar-refractivity contribution in [3.05, 3.63) is 84.2 Å². The minimum atomic E-state index is -0.0909. The number of benzene rings is 3. The van der Waals surface area contributed by atoms with Crippen molar-refractivity contribution < 1.29 is 9.90 Å². The highest BCUT2D eigenvalue weighted by atomic mass is 16.3. The maximum absolute atomic E-state index is 12.9. The standard InChI is InChI=1S/C29H29N3O2/c33-25-14-12-23(13-15-25)27-19-30-29(26(31-27)17-20-6-2-1-3-7-20)32-28(34)18-21-10-11-22-8-4-5-9-24(22)16-21/h4-5,8-16,19-20,33H,1-3,6-7,17-18H2,(H,30,32,34). The van der Waals surface area contributed by atoms with E-state index in [1.807, 2.05) is 30.3 Å². The van der Waals surface area contributed by atoms with Gasteiger partial charge in [0.15, 0.2) is 5.82 Å². The van der Waals surface area contributed by atoms with Crippen LogP contribution in [-0.2, 0) is 17.6 Å². The molecule has 0 spiro atoms. The largest absolute Gasteiger partial charge is 0.508 e. The van der Waals surface area contributed by atoms with Crippen molar-refractivity contribution in [2.75, 3.05) is 5.32 Å². The molecular formula is C29H29N3O2. The summed E-state index contributed by atoms with van der Waals surface area (Å²) in [5.74, 6) is 1.25. The van der Waals surface area contributed by atoms with E-state index in [4.69, 9.17) is 4.98 Å². The number of carbonyl (C=O) groups excluding carboxylic acids is 1. The Bertz CT molecular complexity index is 1290. The van der Waals surface area contributed by atoms with Gasteiger partial charge in [0.1, 0.15) is 5.75 Å². The lowest BCUT2D eigenvalue weighted by Crippen LogP contribution is -2.19. The van der Waals surface area contributed by atoms with Crippen LogP contribution >= 0.6 is 0 Å². The first-order chi connectivity index (χ1) is 16.6. The van der Waals surface area contributed by atoms with E-state index in [0.29, 0.717) is 11.7 Å². The smallest absolute Gasteiger partial charge is 0.229 e. The van der Waals surface area contributed by atoms with Gasteiger partial charge in [0.2, 0.25) is 5.91 Å². The van der Waals surface area contributed by atoms with Crippen LogP contribution < -0.4 is 5.32 Å². The molecule has 1 fully saturated rings. The molecule has 34 heavy (non-hydrogen) atoms. The van der Waals surface area contributed by atoms with Crippen LogP contribution in [0.2, 0.25) is 0 Å². The van der Waals surface area contributed by atoms with E-state index in [9.17, 15) is 9.90 Å². The summed E-state index contributed by atoms with van der Waals surface area (Å²) in [5, 5.41) is 14.9. The Morgan fingerprint density at radius 3 is 2.50 bits per heavy atom. The van der Waals surface area contributed by atoms with Gasteiger partial charge in [0.05, 0.1) is 24.0 Å². The Morgan fingerprint density at radius 1 is 0.941 bits per heavy atom. The molecule has 3 aromatic carbocycles. The third-order valence-corrected chi connectivity index (χ3v) is 6.65. The Morgan fingerprint density at radius 2 is 1.71 bits per heavy atom. The van der Waals surface area contributed by atoms with Crippen LogP contribution in [-0.4, -0.2) is 21.0 Å². The van der Waals surface area contributed by atoms with Crippen LogP contribution in [0.1, 0.15) is 43.4 Å². The number of aromatic hydroxyl groups is 1. The molecule has 1 amide bonds. The average molecular weight is 452 g/mol. The van der Waals surface area contributed by atoms with Gasteiger partial charge in [-0.25, -0.2) is 9.97 Å². The second kappa shape index (κ2) is 10.0. The van der Waals surface area contributed by atoms with Crippen LogP contribution in [0.3, 0.4) is 0 Å². The maximum Gasteiger partial charge on any atom is 0.229 e. The molecule has 4 aromatic rings. The molecular weight excluding hydrogens is 422 g/mol. The molecule has 0 unspecified atom stereocenters. The van der Waals surface area contributed by atoms with Gasteiger partial charge < -0.3 is 10.4 Å². The minimum absolute atomic E-state index is 0.0909. The van der Waals surface area contributed by atoms with E-state index < -0.39 is 0 Å². The van der Waals surface area contributed by atoms with Gasteiger partial charge in [-0.3, -0.25) is 4.79 Å². The van der Waals surface area contributed by atoms with Gasteiger partial charge >= 0.3 is 0 Å². The van der Waals surface area contributed by atoms with Crippen molar-refractivity contribution >= 4 is 22.5 Å². The van der Waals surface area contributed by atoms with E-state index in [1.165, 1.54) is 32.1 Å². The number of nitrogens with one attached hydrogen (secondary N) is 1. The van der Waals surface area contributed by atoms with Crippen LogP contribution in [0.25, 0.3) is 22.0 Å². The third kappa shape index (κ3) is 5.25. The molecule has 5 heteroatoms. The second-order valence-corrected chi connectivity index (χ2v) is 9.21. The minimum Gasteiger partial charge on any atom is -0.508 e. The Kier molecular flexibility index (Phi) is 6.52. The number of carbonyl (C=O) groups is 1. The molecule has 0 aliphatic heterocycles. The SMILES string of the molecule is O=C(Cc1ccc2ccccc2c1)Nc1ncc(-c2ccc(O)cc2)nc1CC1CCCCC1. The van der Waals surface area contributed by atoms with E-state index in [2.05, 4.69) is 34.6 Å². The summed E-state index contributed by atoms with van der Waals surface area (Å²) in [7, 11) is 0. The zero-order chi connectivity index (χ0) is 23.3. The number of phenols is 1. The van der Waals surface area contributed by atoms with Crippen molar-refractivity contribution in [2.45, 2.75) is 44.9 Å². The van der Waals surface area contributed by atoms with Gasteiger partial charge in [0.25, 0.3) is 0 Å². The predicted molar refractivity (Wildman–Crippen MR) is 136 cm³/mol. The highest BCUT2D eigenvalue weighted by molar-refractivity contribution is 5.93. The first-order valence-corrected chi connectivity index (χ1v) is 12.1. The molecule has 0 bridgehead atoms. The summed E-state index contributed by atoms with van der Waals surface area (Å²) in [6.07, 6.45) is 8.97. The van der Waals surface area contributed by atoms with Crippen LogP contribution in [0.15, 0.2) is 72.9 Å². The first-order valence-electron chi connectivity index (χ1n) is 12.1. The van der Waals surface area contributed by atoms with E-state index in [0.717, 1.165) is 39.7 Å². The molecule has 0 radical (unpaired) electrons. The lowest BCUT2D eigenvalue weighted by molar-refractivity contribution is -0.115. The second-order valence-electron chi connectivity index (χ2n) is 9.21.